The van der Waals surface area contributed by atoms with E-state index < -0.39 is 0 Å². The Bertz CT molecular complexity index is 309. The summed E-state index contributed by atoms with van der Waals surface area (Å²) in [5.74, 6) is 0. The standard InChI is InChI=1S/C12H18N2S/c1-9(2)13-12(15)14-10(3)11-7-5-4-6-8-11/h4-10H,1-3H3,(H2,13,14,15)/t10-/m0/s1. The van der Waals surface area contributed by atoms with Gasteiger partial charge in [-0.3, -0.25) is 0 Å². The van der Waals surface area contributed by atoms with Crippen LogP contribution in [0.5, 0.6) is 0 Å². The summed E-state index contributed by atoms with van der Waals surface area (Å²) < 4.78 is 0. The molecule has 0 amide bonds. The normalized spacial score (nSPS) is 12.3. The van der Waals surface area contributed by atoms with E-state index in [-0.39, 0.29) is 6.04 Å². The molecule has 82 valence electrons. The third-order valence-corrected chi connectivity index (χ3v) is 2.30. The minimum Gasteiger partial charge on any atom is -0.361 e. The summed E-state index contributed by atoms with van der Waals surface area (Å²) in [7, 11) is 0. The van der Waals surface area contributed by atoms with E-state index in [1.807, 2.05) is 18.2 Å². The van der Waals surface area contributed by atoms with Crippen LogP contribution in [-0.4, -0.2) is 11.2 Å². The Kier molecular flexibility index (Phi) is 4.56. The van der Waals surface area contributed by atoms with Crippen LogP contribution in [0.25, 0.3) is 0 Å². The van der Waals surface area contributed by atoms with E-state index in [0.29, 0.717) is 11.2 Å². The van der Waals surface area contributed by atoms with Crippen molar-refractivity contribution in [2.75, 3.05) is 0 Å². The monoisotopic (exact) mass is 222 g/mol. The fourth-order valence-electron chi connectivity index (χ4n) is 1.33. The molecule has 0 aliphatic heterocycles. The van der Waals surface area contributed by atoms with Gasteiger partial charge in [-0.15, -0.1) is 0 Å². The molecule has 0 saturated heterocycles. The molecular weight excluding hydrogens is 204 g/mol. The number of hydrogen-bond donors (Lipinski definition) is 2. The van der Waals surface area contributed by atoms with E-state index in [0.717, 1.165) is 0 Å². The largest absolute Gasteiger partial charge is 0.361 e. The van der Waals surface area contributed by atoms with Gasteiger partial charge >= 0.3 is 0 Å². The van der Waals surface area contributed by atoms with Crippen molar-refractivity contribution in [3.05, 3.63) is 35.9 Å². The molecule has 0 spiro atoms. The molecule has 2 N–H and O–H groups in total. The second kappa shape index (κ2) is 5.71. The molecule has 2 nitrogen and oxygen atoms in total. The quantitative estimate of drug-likeness (QED) is 0.769. The number of hydrogen-bond acceptors (Lipinski definition) is 1. The highest BCUT2D eigenvalue weighted by molar-refractivity contribution is 7.80. The molecule has 0 aromatic heterocycles. The first-order valence-electron chi connectivity index (χ1n) is 5.21. The van der Waals surface area contributed by atoms with Gasteiger partial charge in [-0.1, -0.05) is 30.3 Å². The van der Waals surface area contributed by atoms with Gasteiger partial charge in [-0.05, 0) is 38.6 Å². The third kappa shape index (κ3) is 4.30. The molecule has 0 saturated carbocycles. The lowest BCUT2D eigenvalue weighted by atomic mass is 10.1. The second-order valence-corrected chi connectivity index (χ2v) is 4.31. The van der Waals surface area contributed by atoms with Gasteiger partial charge in [0.05, 0.1) is 6.04 Å². The Morgan fingerprint density at radius 2 is 1.67 bits per heavy atom. The minimum atomic E-state index is 0.241. The zero-order valence-electron chi connectivity index (χ0n) is 9.45. The Balaban J connectivity index is 2.49. The Morgan fingerprint density at radius 1 is 1.07 bits per heavy atom. The van der Waals surface area contributed by atoms with Crippen LogP contribution in [0.4, 0.5) is 0 Å². The highest BCUT2D eigenvalue weighted by atomic mass is 32.1. The van der Waals surface area contributed by atoms with Crippen molar-refractivity contribution in [3.63, 3.8) is 0 Å². The minimum absolute atomic E-state index is 0.241. The summed E-state index contributed by atoms with van der Waals surface area (Å²) in [5, 5.41) is 7.12. The van der Waals surface area contributed by atoms with Crippen molar-refractivity contribution in [2.24, 2.45) is 0 Å². The average Bonchev–Trinajstić information content (AvgIpc) is 2.17. The van der Waals surface area contributed by atoms with Gasteiger partial charge in [0.2, 0.25) is 0 Å². The smallest absolute Gasteiger partial charge is 0.166 e. The summed E-state index contributed by atoms with van der Waals surface area (Å²) in [6, 6.07) is 10.9. The topological polar surface area (TPSA) is 24.1 Å². The number of nitrogens with one attached hydrogen (secondary N) is 2. The fraction of sp³-hybridized carbons (Fsp3) is 0.417. The summed E-state index contributed by atoms with van der Waals surface area (Å²) in [6.07, 6.45) is 0. The molecule has 0 unspecified atom stereocenters. The van der Waals surface area contributed by atoms with Crippen LogP contribution in [-0.2, 0) is 0 Å². The fourth-order valence-corrected chi connectivity index (χ4v) is 1.74. The zero-order chi connectivity index (χ0) is 11.3. The highest BCUT2D eigenvalue weighted by Crippen LogP contribution is 2.10. The number of rotatable bonds is 3. The van der Waals surface area contributed by atoms with Gasteiger partial charge < -0.3 is 10.6 Å². The lowest BCUT2D eigenvalue weighted by Crippen LogP contribution is -2.40. The zero-order valence-corrected chi connectivity index (χ0v) is 10.3. The molecule has 15 heavy (non-hydrogen) atoms. The van der Waals surface area contributed by atoms with Crippen molar-refractivity contribution >= 4 is 17.3 Å². The van der Waals surface area contributed by atoms with E-state index in [9.17, 15) is 0 Å². The molecular formula is C12H18N2S. The van der Waals surface area contributed by atoms with Crippen molar-refractivity contribution in [2.45, 2.75) is 32.9 Å². The molecule has 1 atom stereocenters. The molecule has 1 aromatic carbocycles. The summed E-state index contributed by atoms with van der Waals surface area (Å²) in [5.41, 5.74) is 1.24. The second-order valence-electron chi connectivity index (χ2n) is 3.90. The van der Waals surface area contributed by atoms with Crippen molar-refractivity contribution in [1.82, 2.24) is 10.6 Å². The van der Waals surface area contributed by atoms with Crippen molar-refractivity contribution < 1.29 is 0 Å². The van der Waals surface area contributed by atoms with Gasteiger partial charge in [0.25, 0.3) is 0 Å². The van der Waals surface area contributed by atoms with Crippen LogP contribution < -0.4 is 10.6 Å². The summed E-state index contributed by atoms with van der Waals surface area (Å²) >= 11 is 5.18. The van der Waals surface area contributed by atoms with Crippen molar-refractivity contribution in [3.8, 4) is 0 Å². The van der Waals surface area contributed by atoms with E-state index in [1.165, 1.54) is 5.56 Å². The molecule has 0 aliphatic carbocycles. The SMILES string of the molecule is CC(C)NC(=S)N[C@@H](C)c1ccccc1. The Hall–Kier alpha value is -1.09. The van der Waals surface area contributed by atoms with E-state index in [4.69, 9.17) is 12.2 Å². The molecule has 1 rings (SSSR count). The van der Waals surface area contributed by atoms with Gasteiger partial charge in [-0.2, -0.15) is 0 Å². The predicted molar refractivity (Wildman–Crippen MR) is 68.9 cm³/mol. The first-order valence-corrected chi connectivity index (χ1v) is 5.62. The molecule has 0 fully saturated rings. The molecule has 0 heterocycles. The number of thiocarbonyl (C=S) groups is 1. The first-order chi connectivity index (χ1) is 7.09. The van der Waals surface area contributed by atoms with Crippen LogP contribution in [0.2, 0.25) is 0 Å². The highest BCUT2D eigenvalue weighted by Gasteiger charge is 2.06. The molecule has 3 heteroatoms. The lowest BCUT2D eigenvalue weighted by molar-refractivity contribution is 0.664. The van der Waals surface area contributed by atoms with Crippen LogP contribution in [0.3, 0.4) is 0 Å². The van der Waals surface area contributed by atoms with E-state index in [2.05, 4.69) is 43.5 Å². The predicted octanol–water partition coefficient (Wildman–Crippen LogP) is 2.62. The lowest BCUT2D eigenvalue weighted by Gasteiger charge is -2.18. The average molecular weight is 222 g/mol. The Morgan fingerprint density at radius 3 is 2.20 bits per heavy atom. The first kappa shape index (κ1) is 12.0. The maximum atomic E-state index is 5.18. The van der Waals surface area contributed by atoms with Crippen molar-refractivity contribution in [1.29, 1.82) is 0 Å². The van der Waals surface area contributed by atoms with Crippen LogP contribution >= 0.6 is 12.2 Å². The third-order valence-electron chi connectivity index (χ3n) is 2.07. The molecule has 0 radical (unpaired) electrons. The van der Waals surface area contributed by atoms with Gasteiger partial charge in [-0.25, -0.2) is 0 Å². The summed E-state index contributed by atoms with van der Waals surface area (Å²) in [4.78, 5) is 0. The molecule has 0 aliphatic rings. The maximum absolute atomic E-state index is 5.18. The molecule has 0 bridgehead atoms. The molecule has 1 aromatic rings. The number of benzene rings is 1. The van der Waals surface area contributed by atoms with Crippen LogP contribution in [0.15, 0.2) is 30.3 Å². The summed E-state index contributed by atoms with van der Waals surface area (Å²) in [6.45, 7) is 6.24. The maximum Gasteiger partial charge on any atom is 0.166 e. The van der Waals surface area contributed by atoms with Gasteiger partial charge in [0.1, 0.15) is 0 Å². The van der Waals surface area contributed by atoms with Gasteiger partial charge in [0.15, 0.2) is 5.11 Å². The van der Waals surface area contributed by atoms with Gasteiger partial charge in [0, 0.05) is 6.04 Å². The van der Waals surface area contributed by atoms with Crippen LogP contribution in [0, 0.1) is 0 Å². The van der Waals surface area contributed by atoms with Crippen LogP contribution in [0.1, 0.15) is 32.4 Å². The van der Waals surface area contributed by atoms with E-state index in [1.54, 1.807) is 0 Å². The van der Waals surface area contributed by atoms with E-state index >= 15 is 0 Å². The Labute approximate surface area is 97.1 Å².